The molecule has 26 heavy (non-hydrogen) atoms. The molecule has 2 aromatic rings. The number of amides is 1. The Morgan fingerprint density at radius 1 is 1.19 bits per heavy atom. The SMILES string of the molecule is Cl.Cl.O=C(c1csc(Nc2ccccn2)n1)N1CC[C@@H]2CNC[C@@H]2CC1. The van der Waals surface area contributed by atoms with Crippen molar-refractivity contribution in [2.24, 2.45) is 11.8 Å². The van der Waals surface area contributed by atoms with E-state index in [0.717, 1.165) is 56.7 Å². The Morgan fingerprint density at radius 3 is 2.58 bits per heavy atom. The van der Waals surface area contributed by atoms with Crippen molar-refractivity contribution in [1.82, 2.24) is 20.2 Å². The molecular weight excluding hydrogens is 393 g/mol. The number of carbonyl (C=O) groups excluding carboxylic acids is 1. The maximum atomic E-state index is 12.7. The molecule has 9 heteroatoms. The van der Waals surface area contributed by atoms with Crippen LogP contribution in [0, 0.1) is 11.8 Å². The van der Waals surface area contributed by atoms with Crippen LogP contribution in [0.2, 0.25) is 0 Å². The van der Waals surface area contributed by atoms with Gasteiger partial charge in [0.2, 0.25) is 0 Å². The highest BCUT2D eigenvalue weighted by Gasteiger charge is 2.32. The molecule has 0 bridgehead atoms. The van der Waals surface area contributed by atoms with Gasteiger partial charge in [-0.25, -0.2) is 9.97 Å². The predicted molar refractivity (Wildman–Crippen MR) is 109 cm³/mol. The van der Waals surface area contributed by atoms with Gasteiger partial charge in [0.25, 0.3) is 5.91 Å². The number of thiazole rings is 1. The van der Waals surface area contributed by atoms with Crippen LogP contribution in [0.5, 0.6) is 0 Å². The third kappa shape index (κ3) is 4.65. The van der Waals surface area contributed by atoms with Gasteiger partial charge in [0.05, 0.1) is 0 Å². The van der Waals surface area contributed by atoms with Crippen molar-refractivity contribution in [2.45, 2.75) is 12.8 Å². The van der Waals surface area contributed by atoms with Gasteiger partial charge in [-0.15, -0.1) is 36.2 Å². The summed E-state index contributed by atoms with van der Waals surface area (Å²) in [7, 11) is 0. The normalized spacial score (nSPS) is 21.8. The number of fused-ring (bicyclic) bond motifs is 1. The van der Waals surface area contributed by atoms with Gasteiger partial charge in [-0.05, 0) is 49.9 Å². The number of halogens is 2. The number of nitrogens with zero attached hydrogens (tertiary/aromatic N) is 3. The topological polar surface area (TPSA) is 70.2 Å². The standard InChI is InChI=1S/C17H21N5OS.2ClH/c23-16(22-7-4-12-9-18-10-13(12)5-8-22)14-11-24-17(20-14)21-15-3-1-2-6-19-15;;/h1-3,6,11-13,18H,4-5,7-10H2,(H,19,20,21);2*1H/t12-,13+;;. The van der Waals surface area contributed by atoms with E-state index in [9.17, 15) is 4.79 Å². The molecule has 2 aliphatic rings. The largest absolute Gasteiger partial charge is 0.337 e. The number of carbonyl (C=O) groups is 1. The van der Waals surface area contributed by atoms with E-state index in [1.54, 1.807) is 6.20 Å². The van der Waals surface area contributed by atoms with Crippen LogP contribution < -0.4 is 10.6 Å². The van der Waals surface area contributed by atoms with Crippen molar-refractivity contribution >= 4 is 53.0 Å². The van der Waals surface area contributed by atoms with Crippen molar-refractivity contribution in [1.29, 1.82) is 0 Å². The molecule has 2 atom stereocenters. The number of hydrogen-bond acceptors (Lipinski definition) is 6. The fraction of sp³-hybridized carbons (Fsp3) is 0.471. The highest BCUT2D eigenvalue weighted by Crippen LogP contribution is 2.28. The Labute approximate surface area is 169 Å². The van der Waals surface area contributed by atoms with E-state index in [0.29, 0.717) is 10.8 Å². The summed E-state index contributed by atoms with van der Waals surface area (Å²) in [6.07, 6.45) is 3.91. The highest BCUT2D eigenvalue weighted by atomic mass is 35.5. The quantitative estimate of drug-likeness (QED) is 0.804. The lowest BCUT2D eigenvalue weighted by molar-refractivity contribution is 0.0753. The first-order chi connectivity index (χ1) is 11.8. The molecule has 0 saturated carbocycles. The first kappa shape index (κ1) is 20.9. The molecular formula is C17H23Cl2N5OS. The van der Waals surface area contributed by atoms with Gasteiger partial charge < -0.3 is 15.5 Å². The van der Waals surface area contributed by atoms with Crippen LogP contribution in [-0.4, -0.2) is 47.0 Å². The Hall–Kier alpha value is -1.41. The Kier molecular flexibility index (Phi) is 7.64. The molecule has 0 radical (unpaired) electrons. The van der Waals surface area contributed by atoms with Gasteiger partial charge in [0.1, 0.15) is 11.5 Å². The van der Waals surface area contributed by atoms with Crippen molar-refractivity contribution in [3.8, 4) is 0 Å². The van der Waals surface area contributed by atoms with Crippen LogP contribution in [0.1, 0.15) is 23.3 Å². The van der Waals surface area contributed by atoms with Gasteiger partial charge in [-0.2, -0.15) is 0 Å². The van der Waals surface area contributed by atoms with Gasteiger partial charge in [-0.1, -0.05) is 6.07 Å². The monoisotopic (exact) mass is 415 g/mol. The number of hydrogen-bond donors (Lipinski definition) is 2. The summed E-state index contributed by atoms with van der Waals surface area (Å²) >= 11 is 1.44. The zero-order valence-electron chi connectivity index (χ0n) is 14.3. The molecule has 4 rings (SSSR count). The third-order valence-corrected chi connectivity index (χ3v) is 5.69. The van der Waals surface area contributed by atoms with E-state index in [4.69, 9.17) is 0 Å². The van der Waals surface area contributed by atoms with Crippen molar-refractivity contribution in [2.75, 3.05) is 31.5 Å². The third-order valence-electron chi connectivity index (χ3n) is 4.93. The van der Waals surface area contributed by atoms with E-state index in [2.05, 4.69) is 20.6 Å². The molecule has 0 aromatic carbocycles. The average Bonchev–Trinajstić information content (AvgIpc) is 3.21. The molecule has 2 fully saturated rings. The van der Waals surface area contributed by atoms with Crippen LogP contribution in [0.3, 0.4) is 0 Å². The van der Waals surface area contributed by atoms with Crippen LogP contribution >= 0.6 is 36.2 Å². The van der Waals surface area contributed by atoms with Gasteiger partial charge >= 0.3 is 0 Å². The first-order valence-electron chi connectivity index (χ1n) is 8.43. The van der Waals surface area contributed by atoms with E-state index in [-0.39, 0.29) is 30.7 Å². The molecule has 4 heterocycles. The van der Waals surface area contributed by atoms with E-state index in [1.807, 2.05) is 28.5 Å². The minimum Gasteiger partial charge on any atom is -0.337 e. The Morgan fingerprint density at radius 2 is 1.92 bits per heavy atom. The molecule has 1 amide bonds. The number of pyridine rings is 1. The molecule has 6 nitrogen and oxygen atoms in total. The smallest absolute Gasteiger partial charge is 0.273 e. The zero-order valence-corrected chi connectivity index (χ0v) is 16.7. The molecule has 0 unspecified atom stereocenters. The molecule has 2 aromatic heterocycles. The second-order valence-electron chi connectivity index (χ2n) is 6.43. The molecule has 142 valence electrons. The predicted octanol–water partition coefficient (Wildman–Crippen LogP) is 3.20. The lowest BCUT2D eigenvalue weighted by Crippen LogP contribution is -2.33. The van der Waals surface area contributed by atoms with Crippen molar-refractivity contribution in [3.05, 3.63) is 35.5 Å². The van der Waals surface area contributed by atoms with Crippen LogP contribution in [0.4, 0.5) is 10.9 Å². The second kappa shape index (κ2) is 9.50. The summed E-state index contributed by atoms with van der Waals surface area (Å²) in [5.41, 5.74) is 0.531. The summed E-state index contributed by atoms with van der Waals surface area (Å²) in [5.74, 6) is 2.23. The van der Waals surface area contributed by atoms with Crippen molar-refractivity contribution in [3.63, 3.8) is 0 Å². The van der Waals surface area contributed by atoms with Crippen LogP contribution in [0.25, 0.3) is 0 Å². The maximum Gasteiger partial charge on any atom is 0.273 e. The molecule has 2 aliphatic heterocycles. The summed E-state index contributed by atoms with van der Waals surface area (Å²) in [4.78, 5) is 23.4. The van der Waals surface area contributed by atoms with E-state index >= 15 is 0 Å². The summed E-state index contributed by atoms with van der Waals surface area (Å²) in [6.45, 7) is 3.87. The summed E-state index contributed by atoms with van der Waals surface area (Å²) < 4.78 is 0. The number of nitrogens with one attached hydrogen (secondary N) is 2. The van der Waals surface area contributed by atoms with Gasteiger partial charge in [-0.3, -0.25) is 4.79 Å². The summed E-state index contributed by atoms with van der Waals surface area (Å²) in [5, 5.41) is 9.15. The number of anilines is 2. The number of aromatic nitrogens is 2. The molecule has 2 saturated heterocycles. The molecule has 0 aliphatic carbocycles. The van der Waals surface area contributed by atoms with Crippen molar-refractivity contribution < 1.29 is 4.79 Å². The molecule has 0 spiro atoms. The Bertz CT molecular complexity index is 700. The summed E-state index contributed by atoms with van der Waals surface area (Å²) in [6, 6.07) is 5.66. The zero-order chi connectivity index (χ0) is 16.4. The minimum atomic E-state index is 0. The lowest BCUT2D eigenvalue weighted by atomic mass is 9.92. The molecule has 2 N–H and O–H groups in total. The Balaban J connectivity index is 0.00000121. The van der Waals surface area contributed by atoms with Gasteiger partial charge in [0.15, 0.2) is 5.13 Å². The maximum absolute atomic E-state index is 12.7. The first-order valence-corrected chi connectivity index (χ1v) is 9.31. The number of rotatable bonds is 3. The lowest BCUT2D eigenvalue weighted by Gasteiger charge is -2.19. The van der Waals surface area contributed by atoms with Gasteiger partial charge in [0, 0.05) is 24.7 Å². The van der Waals surface area contributed by atoms with E-state index < -0.39 is 0 Å². The number of likely N-dealkylation sites (tertiary alicyclic amines) is 1. The second-order valence-corrected chi connectivity index (χ2v) is 7.28. The minimum absolute atomic E-state index is 0. The fourth-order valence-electron chi connectivity index (χ4n) is 3.56. The fourth-order valence-corrected chi connectivity index (χ4v) is 4.25. The average molecular weight is 416 g/mol. The van der Waals surface area contributed by atoms with E-state index in [1.165, 1.54) is 11.3 Å². The van der Waals surface area contributed by atoms with Crippen LogP contribution in [0.15, 0.2) is 29.8 Å². The van der Waals surface area contributed by atoms with Crippen LogP contribution in [-0.2, 0) is 0 Å². The highest BCUT2D eigenvalue weighted by molar-refractivity contribution is 7.14.